The quantitative estimate of drug-likeness (QED) is 0.771. The molecule has 0 saturated carbocycles. The number of rotatable bonds is 7. The second-order valence-corrected chi connectivity index (χ2v) is 6.42. The average molecular weight is 397 g/mol. The van der Waals surface area contributed by atoms with Gasteiger partial charge < -0.3 is 19.7 Å². The first-order valence-corrected chi connectivity index (χ1v) is 9.25. The fraction of sp³-hybridized carbons (Fsp3) is 0.286. The van der Waals surface area contributed by atoms with Crippen molar-refractivity contribution >= 4 is 29.1 Å². The van der Waals surface area contributed by atoms with E-state index in [1.54, 1.807) is 62.6 Å². The van der Waals surface area contributed by atoms with Crippen molar-refractivity contribution in [3.8, 4) is 11.5 Å². The van der Waals surface area contributed by atoms with Gasteiger partial charge in [-0.15, -0.1) is 0 Å². The van der Waals surface area contributed by atoms with Gasteiger partial charge in [-0.3, -0.25) is 19.3 Å². The number of likely N-dealkylation sites (N-methyl/N-ethyl adjacent to an activating group) is 1. The zero-order chi connectivity index (χ0) is 20.8. The maximum atomic E-state index is 12.8. The zero-order valence-corrected chi connectivity index (χ0v) is 16.4. The van der Waals surface area contributed by atoms with Crippen molar-refractivity contribution in [2.45, 2.75) is 6.92 Å². The van der Waals surface area contributed by atoms with E-state index >= 15 is 0 Å². The predicted octanol–water partition coefficient (Wildman–Crippen LogP) is 1.91. The van der Waals surface area contributed by atoms with Crippen LogP contribution in [0.1, 0.15) is 6.92 Å². The molecule has 0 radical (unpaired) electrons. The van der Waals surface area contributed by atoms with Gasteiger partial charge in [-0.05, 0) is 31.2 Å². The molecule has 2 aromatic rings. The number of methoxy groups -OCH3 is 1. The molecular formula is C21H23N3O5. The summed E-state index contributed by atoms with van der Waals surface area (Å²) in [6.45, 7) is 1.73. The van der Waals surface area contributed by atoms with Crippen molar-refractivity contribution in [3.05, 3.63) is 48.5 Å². The number of benzene rings is 2. The molecule has 1 heterocycles. The molecule has 0 fully saturated rings. The summed E-state index contributed by atoms with van der Waals surface area (Å²) in [6.07, 6.45) is 0. The van der Waals surface area contributed by atoms with E-state index in [4.69, 9.17) is 9.47 Å². The third-order valence-corrected chi connectivity index (χ3v) is 4.52. The van der Waals surface area contributed by atoms with Gasteiger partial charge in [0.25, 0.3) is 5.91 Å². The number of carbonyl (C=O) groups is 3. The van der Waals surface area contributed by atoms with Gasteiger partial charge in [0.1, 0.15) is 18.0 Å². The number of carbonyl (C=O) groups excluding carboxylic acids is 3. The summed E-state index contributed by atoms with van der Waals surface area (Å²) in [6, 6.07) is 14.0. The minimum Gasteiger partial charge on any atom is -0.497 e. The van der Waals surface area contributed by atoms with E-state index in [-0.39, 0.29) is 37.4 Å². The topological polar surface area (TPSA) is 88.2 Å². The molecule has 8 nitrogen and oxygen atoms in total. The average Bonchev–Trinajstić information content (AvgIpc) is 2.74. The number of anilines is 2. The molecule has 2 aromatic carbocycles. The summed E-state index contributed by atoms with van der Waals surface area (Å²) in [5.74, 6) is 0.226. The lowest BCUT2D eigenvalue weighted by Crippen LogP contribution is -2.48. The Hall–Kier alpha value is -3.55. The number of amides is 3. The Morgan fingerprint density at radius 3 is 2.76 bits per heavy atom. The van der Waals surface area contributed by atoms with Crippen LogP contribution >= 0.6 is 0 Å². The van der Waals surface area contributed by atoms with Crippen LogP contribution in [-0.4, -0.2) is 56.0 Å². The molecule has 0 aromatic heterocycles. The van der Waals surface area contributed by atoms with Crippen LogP contribution in [0, 0.1) is 0 Å². The molecular weight excluding hydrogens is 374 g/mol. The van der Waals surface area contributed by atoms with Gasteiger partial charge in [-0.1, -0.05) is 18.2 Å². The van der Waals surface area contributed by atoms with Gasteiger partial charge in [-0.2, -0.15) is 0 Å². The largest absolute Gasteiger partial charge is 0.497 e. The summed E-state index contributed by atoms with van der Waals surface area (Å²) in [5.41, 5.74) is 1.13. The van der Waals surface area contributed by atoms with Crippen LogP contribution in [-0.2, 0) is 14.4 Å². The lowest BCUT2D eigenvalue weighted by Gasteiger charge is -2.30. The number of fused-ring (bicyclic) bond motifs is 1. The normalized spacial score (nSPS) is 12.6. The number of hydrogen-bond acceptors (Lipinski definition) is 5. The Balaban J connectivity index is 1.64. The van der Waals surface area contributed by atoms with E-state index in [2.05, 4.69) is 5.32 Å². The van der Waals surface area contributed by atoms with Crippen LogP contribution in [0.4, 0.5) is 11.4 Å². The molecule has 3 amide bonds. The van der Waals surface area contributed by atoms with Crippen molar-refractivity contribution in [1.82, 2.24) is 4.90 Å². The molecule has 0 saturated heterocycles. The maximum Gasteiger partial charge on any atom is 0.265 e. The summed E-state index contributed by atoms with van der Waals surface area (Å²) in [4.78, 5) is 40.2. The van der Waals surface area contributed by atoms with Crippen LogP contribution < -0.4 is 19.7 Å². The summed E-state index contributed by atoms with van der Waals surface area (Å²) < 4.78 is 10.5. The molecule has 0 aliphatic carbocycles. The Morgan fingerprint density at radius 1 is 1.21 bits per heavy atom. The number of nitrogens with one attached hydrogen (secondary N) is 1. The molecule has 0 bridgehead atoms. The summed E-state index contributed by atoms with van der Waals surface area (Å²) >= 11 is 0. The molecule has 8 heteroatoms. The Labute approximate surface area is 169 Å². The minimum absolute atomic E-state index is 0.118. The fourth-order valence-electron chi connectivity index (χ4n) is 3.01. The van der Waals surface area contributed by atoms with E-state index < -0.39 is 0 Å². The number of ether oxygens (including phenoxy) is 2. The van der Waals surface area contributed by atoms with E-state index in [0.29, 0.717) is 29.4 Å². The molecule has 0 unspecified atom stereocenters. The lowest BCUT2D eigenvalue weighted by atomic mass is 10.2. The van der Waals surface area contributed by atoms with Crippen LogP contribution in [0.25, 0.3) is 0 Å². The first-order chi connectivity index (χ1) is 14.0. The van der Waals surface area contributed by atoms with E-state index in [1.807, 2.05) is 0 Å². The SMILES string of the molecule is CCN(CC(=O)Nc1cccc(OC)c1)C(=O)CN1C(=O)COc2ccccc21. The summed E-state index contributed by atoms with van der Waals surface area (Å²) in [7, 11) is 1.55. The maximum absolute atomic E-state index is 12.8. The molecule has 1 aliphatic rings. The highest BCUT2D eigenvalue weighted by molar-refractivity contribution is 6.03. The Morgan fingerprint density at radius 2 is 2.00 bits per heavy atom. The zero-order valence-electron chi connectivity index (χ0n) is 16.4. The first kappa shape index (κ1) is 20.2. The lowest BCUT2D eigenvalue weighted by molar-refractivity contribution is -0.134. The second-order valence-electron chi connectivity index (χ2n) is 6.42. The highest BCUT2D eigenvalue weighted by Crippen LogP contribution is 2.31. The predicted molar refractivity (Wildman–Crippen MR) is 108 cm³/mol. The molecule has 0 atom stereocenters. The molecule has 0 spiro atoms. The highest BCUT2D eigenvalue weighted by Gasteiger charge is 2.28. The Kier molecular flexibility index (Phi) is 6.33. The van der Waals surface area contributed by atoms with Crippen LogP contribution in [0.3, 0.4) is 0 Å². The summed E-state index contributed by atoms with van der Waals surface area (Å²) in [5, 5.41) is 2.75. The third kappa shape index (κ3) is 4.84. The highest BCUT2D eigenvalue weighted by atomic mass is 16.5. The molecule has 1 N–H and O–H groups in total. The monoisotopic (exact) mass is 397 g/mol. The van der Waals surface area contributed by atoms with Gasteiger partial charge >= 0.3 is 0 Å². The number of nitrogens with zero attached hydrogens (tertiary/aromatic N) is 2. The molecule has 3 rings (SSSR count). The van der Waals surface area contributed by atoms with Gasteiger partial charge in [0.05, 0.1) is 19.3 Å². The second kappa shape index (κ2) is 9.09. The molecule has 29 heavy (non-hydrogen) atoms. The van der Waals surface area contributed by atoms with Crippen LogP contribution in [0.2, 0.25) is 0 Å². The van der Waals surface area contributed by atoms with Crippen LogP contribution in [0.5, 0.6) is 11.5 Å². The van der Waals surface area contributed by atoms with Gasteiger partial charge in [-0.25, -0.2) is 0 Å². The first-order valence-electron chi connectivity index (χ1n) is 9.25. The minimum atomic E-state index is -0.331. The van der Waals surface area contributed by atoms with E-state index in [1.165, 1.54) is 9.80 Å². The van der Waals surface area contributed by atoms with Crippen LogP contribution in [0.15, 0.2) is 48.5 Å². The molecule has 1 aliphatic heterocycles. The number of para-hydroxylation sites is 2. The van der Waals surface area contributed by atoms with E-state index in [0.717, 1.165) is 0 Å². The van der Waals surface area contributed by atoms with Gasteiger partial charge in [0.15, 0.2) is 6.61 Å². The van der Waals surface area contributed by atoms with Crippen molar-refractivity contribution in [2.24, 2.45) is 0 Å². The fourth-order valence-corrected chi connectivity index (χ4v) is 3.01. The number of hydrogen-bond donors (Lipinski definition) is 1. The van der Waals surface area contributed by atoms with Gasteiger partial charge in [0, 0.05) is 18.3 Å². The standard InChI is InChI=1S/C21H23N3O5/c1-3-23(12-19(25)22-15-7-6-8-16(11-15)28-2)20(26)13-24-17-9-4-5-10-18(17)29-14-21(24)27/h4-11H,3,12-14H2,1-2H3,(H,22,25). The smallest absolute Gasteiger partial charge is 0.265 e. The van der Waals surface area contributed by atoms with E-state index in [9.17, 15) is 14.4 Å². The van der Waals surface area contributed by atoms with Crippen molar-refractivity contribution < 1.29 is 23.9 Å². The van der Waals surface area contributed by atoms with Crippen molar-refractivity contribution in [3.63, 3.8) is 0 Å². The third-order valence-electron chi connectivity index (χ3n) is 4.52. The van der Waals surface area contributed by atoms with Gasteiger partial charge in [0.2, 0.25) is 11.8 Å². The van der Waals surface area contributed by atoms with Crippen molar-refractivity contribution in [2.75, 3.05) is 43.6 Å². The Bertz CT molecular complexity index is 915. The molecule has 152 valence electrons. The van der Waals surface area contributed by atoms with Crippen molar-refractivity contribution in [1.29, 1.82) is 0 Å².